The molecule has 0 amide bonds. The van der Waals surface area contributed by atoms with Gasteiger partial charge in [-0.2, -0.15) is 0 Å². The molecule has 0 aliphatic rings. The average molecular weight is 225 g/mol. The first-order chi connectivity index (χ1) is 8.04. The zero-order chi connectivity index (χ0) is 12.3. The first kappa shape index (κ1) is 11.7. The average Bonchev–Trinajstić information content (AvgIpc) is 2.29. The van der Waals surface area contributed by atoms with E-state index >= 15 is 0 Å². The van der Waals surface area contributed by atoms with Crippen molar-refractivity contribution in [2.75, 3.05) is 0 Å². The fourth-order valence-corrected chi connectivity index (χ4v) is 1.63. The van der Waals surface area contributed by atoms with Crippen LogP contribution >= 0.6 is 0 Å². The maximum Gasteiger partial charge on any atom is 0.120 e. The van der Waals surface area contributed by atoms with Gasteiger partial charge in [-0.1, -0.05) is 36.4 Å². The number of ether oxygens (including phenoxy) is 1. The second-order valence-electron chi connectivity index (χ2n) is 5.02. The Morgan fingerprint density at radius 1 is 0.941 bits per heavy atom. The van der Waals surface area contributed by atoms with Gasteiger partial charge < -0.3 is 4.74 Å². The van der Waals surface area contributed by atoms with E-state index in [0.29, 0.717) is 0 Å². The van der Waals surface area contributed by atoms with E-state index in [1.807, 2.05) is 51.1 Å². The van der Waals surface area contributed by atoms with Crippen LogP contribution < -0.4 is 4.74 Å². The third kappa shape index (κ3) is 3.35. The predicted molar refractivity (Wildman–Crippen MR) is 71.1 cm³/mol. The van der Waals surface area contributed by atoms with Crippen molar-refractivity contribution in [3.05, 3.63) is 54.6 Å². The number of hydrogen-bond acceptors (Lipinski definition) is 1. The van der Waals surface area contributed by atoms with Crippen LogP contribution in [0.3, 0.4) is 0 Å². The zero-order valence-electron chi connectivity index (χ0n) is 10.5. The Morgan fingerprint density at radius 3 is 2.18 bits per heavy atom. The van der Waals surface area contributed by atoms with E-state index in [9.17, 15) is 0 Å². The molecule has 17 heavy (non-hydrogen) atoms. The minimum atomic E-state index is -0.152. The van der Waals surface area contributed by atoms with Gasteiger partial charge in [0, 0.05) is 0 Å². The van der Waals surface area contributed by atoms with Crippen LogP contribution in [-0.2, 0) is 0 Å². The van der Waals surface area contributed by atoms with Crippen LogP contribution in [0.2, 0.25) is 0 Å². The summed E-state index contributed by atoms with van der Waals surface area (Å²) in [6.07, 6.45) is 0. The summed E-state index contributed by atoms with van der Waals surface area (Å²) >= 11 is 0. The van der Waals surface area contributed by atoms with Crippen LogP contribution in [-0.4, -0.2) is 5.60 Å². The molecular weight excluding hydrogens is 208 g/mol. The third-order valence-corrected chi connectivity index (χ3v) is 2.30. The predicted octanol–water partition coefficient (Wildman–Crippen LogP) is 4.33. The van der Waals surface area contributed by atoms with E-state index in [1.54, 1.807) is 0 Å². The molecule has 1 radical (unpaired) electrons. The largest absolute Gasteiger partial charge is 0.488 e. The van der Waals surface area contributed by atoms with Crippen molar-refractivity contribution in [2.45, 2.75) is 26.4 Å². The second-order valence-corrected chi connectivity index (χ2v) is 5.02. The molecular formula is C16H17O. The molecule has 1 nitrogen and oxygen atoms in total. The van der Waals surface area contributed by atoms with Gasteiger partial charge in [-0.25, -0.2) is 0 Å². The molecule has 87 valence electrons. The Labute approximate surface area is 103 Å². The number of hydrogen-bond donors (Lipinski definition) is 0. The SMILES string of the molecule is CC(C)(C)Oc1ccc(-c2[c]cccc2)cc1. The topological polar surface area (TPSA) is 9.23 Å². The standard InChI is InChI=1S/C16H17O/c1-16(2,3)17-15-11-9-14(10-12-15)13-7-5-4-6-8-13/h4-7,9-12H,1-3H3. The lowest BCUT2D eigenvalue weighted by Gasteiger charge is -2.21. The van der Waals surface area contributed by atoms with Crippen LogP contribution in [0.15, 0.2) is 48.5 Å². The molecule has 0 spiro atoms. The van der Waals surface area contributed by atoms with Crippen LogP contribution in [0, 0.1) is 6.07 Å². The van der Waals surface area contributed by atoms with Gasteiger partial charge in [0.2, 0.25) is 0 Å². The van der Waals surface area contributed by atoms with Gasteiger partial charge in [0.15, 0.2) is 0 Å². The summed E-state index contributed by atoms with van der Waals surface area (Å²) in [5.74, 6) is 0.900. The highest BCUT2D eigenvalue weighted by Crippen LogP contribution is 2.23. The van der Waals surface area contributed by atoms with Gasteiger partial charge in [0.05, 0.1) is 0 Å². The van der Waals surface area contributed by atoms with E-state index < -0.39 is 0 Å². The Balaban J connectivity index is 2.19. The van der Waals surface area contributed by atoms with E-state index in [-0.39, 0.29) is 5.60 Å². The summed E-state index contributed by atoms with van der Waals surface area (Å²) in [4.78, 5) is 0. The molecule has 0 heterocycles. The molecule has 2 rings (SSSR count). The van der Waals surface area contributed by atoms with Gasteiger partial charge in [0.1, 0.15) is 11.4 Å². The lowest BCUT2D eigenvalue weighted by atomic mass is 10.1. The van der Waals surface area contributed by atoms with Crippen molar-refractivity contribution >= 4 is 0 Å². The first-order valence-corrected chi connectivity index (χ1v) is 5.81. The Morgan fingerprint density at radius 2 is 1.65 bits per heavy atom. The highest BCUT2D eigenvalue weighted by atomic mass is 16.5. The first-order valence-electron chi connectivity index (χ1n) is 5.81. The van der Waals surface area contributed by atoms with E-state index in [0.717, 1.165) is 16.9 Å². The highest BCUT2D eigenvalue weighted by Gasteiger charge is 2.11. The maximum atomic E-state index is 5.78. The molecule has 0 aromatic heterocycles. The van der Waals surface area contributed by atoms with Crippen LogP contribution in [0.1, 0.15) is 20.8 Å². The van der Waals surface area contributed by atoms with Crippen LogP contribution in [0.4, 0.5) is 0 Å². The van der Waals surface area contributed by atoms with E-state index in [4.69, 9.17) is 4.74 Å². The fraction of sp³-hybridized carbons (Fsp3) is 0.250. The van der Waals surface area contributed by atoms with Gasteiger partial charge in [-0.3, -0.25) is 0 Å². The third-order valence-electron chi connectivity index (χ3n) is 2.30. The summed E-state index contributed by atoms with van der Waals surface area (Å²) < 4.78 is 5.78. The normalized spacial score (nSPS) is 11.2. The molecule has 2 aromatic rings. The summed E-state index contributed by atoms with van der Waals surface area (Å²) in [5.41, 5.74) is 2.11. The molecule has 0 atom stereocenters. The molecule has 0 aliphatic carbocycles. The molecule has 0 fully saturated rings. The summed E-state index contributed by atoms with van der Waals surface area (Å²) in [6, 6.07) is 19.3. The Bertz CT molecular complexity index is 463. The Kier molecular flexibility index (Phi) is 3.19. The fourth-order valence-electron chi connectivity index (χ4n) is 1.63. The number of benzene rings is 2. The van der Waals surface area contributed by atoms with Gasteiger partial charge >= 0.3 is 0 Å². The molecule has 0 N–H and O–H groups in total. The summed E-state index contributed by atoms with van der Waals surface area (Å²) in [7, 11) is 0. The molecule has 0 saturated carbocycles. The Hall–Kier alpha value is -1.76. The van der Waals surface area contributed by atoms with Gasteiger partial charge in [0.25, 0.3) is 0 Å². The van der Waals surface area contributed by atoms with Crippen molar-refractivity contribution < 1.29 is 4.74 Å². The van der Waals surface area contributed by atoms with Crippen molar-refractivity contribution in [3.8, 4) is 16.9 Å². The van der Waals surface area contributed by atoms with Crippen molar-refractivity contribution in [2.24, 2.45) is 0 Å². The van der Waals surface area contributed by atoms with Crippen LogP contribution in [0.25, 0.3) is 11.1 Å². The minimum absolute atomic E-state index is 0.152. The lowest BCUT2D eigenvalue weighted by Crippen LogP contribution is -2.22. The van der Waals surface area contributed by atoms with Gasteiger partial charge in [-0.05, 0) is 50.1 Å². The molecule has 0 aliphatic heterocycles. The van der Waals surface area contributed by atoms with Crippen molar-refractivity contribution in [1.82, 2.24) is 0 Å². The minimum Gasteiger partial charge on any atom is -0.488 e. The lowest BCUT2D eigenvalue weighted by molar-refractivity contribution is 0.131. The van der Waals surface area contributed by atoms with Crippen LogP contribution in [0.5, 0.6) is 5.75 Å². The molecule has 1 heteroatoms. The molecule has 0 saturated heterocycles. The molecule has 0 bridgehead atoms. The summed E-state index contributed by atoms with van der Waals surface area (Å²) in [6.45, 7) is 6.14. The van der Waals surface area contributed by atoms with Gasteiger partial charge in [-0.15, -0.1) is 0 Å². The van der Waals surface area contributed by atoms with Crippen molar-refractivity contribution in [1.29, 1.82) is 0 Å². The summed E-state index contributed by atoms with van der Waals surface area (Å²) in [5, 5.41) is 0. The van der Waals surface area contributed by atoms with E-state index in [2.05, 4.69) is 24.3 Å². The quantitative estimate of drug-likeness (QED) is 0.739. The zero-order valence-corrected chi connectivity index (χ0v) is 10.5. The second kappa shape index (κ2) is 4.62. The molecule has 2 aromatic carbocycles. The molecule has 0 unspecified atom stereocenters. The highest BCUT2D eigenvalue weighted by molar-refractivity contribution is 5.63. The number of rotatable bonds is 2. The van der Waals surface area contributed by atoms with E-state index in [1.165, 1.54) is 0 Å². The van der Waals surface area contributed by atoms with Crippen molar-refractivity contribution in [3.63, 3.8) is 0 Å². The smallest absolute Gasteiger partial charge is 0.120 e. The monoisotopic (exact) mass is 225 g/mol. The maximum absolute atomic E-state index is 5.78.